The lowest BCUT2D eigenvalue weighted by atomic mass is 10.2. The zero-order chi connectivity index (χ0) is 13.2. The van der Waals surface area contributed by atoms with Crippen molar-refractivity contribution < 1.29 is 4.42 Å². The van der Waals surface area contributed by atoms with E-state index in [1.807, 2.05) is 30.0 Å². The Morgan fingerprint density at radius 2 is 2.37 bits per heavy atom. The molecule has 1 aromatic heterocycles. The SMILES string of the molecule is CCSC1CCCC1Nc1nc2ccc(N)cc2o1. The van der Waals surface area contributed by atoms with E-state index in [9.17, 15) is 0 Å². The van der Waals surface area contributed by atoms with Crippen LogP contribution in [0.15, 0.2) is 22.6 Å². The van der Waals surface area contributed by atoms with Crippen molar-refractivity contribution in [2.75, 3.05) is 16.8 Å². The zero-order valence-electron chi connectivity index (χ0n) is 11.1. The van der Waals surface area contributed by atoms with Gasteiger partial charge in [-0.3, -0.25) is 0 Å². The maximum atomic E-state index is 5.75. The second kappa shape index (κ2) is 5.33. The van der Waals surface area contributed by atoms with Gasteiger partial charge in [-0.25, -0.2) is 0 Å². The van der Waals surface area contributed by atoms with Crippen LogP contribution in [0.2, 0.25) is 0 Å². The van der Waals surface area contributed by atoms with Gasteiger partial charge in [0.15, 0.2) is 5.58 Å². The summed E-state index contributed by atoms with van der Waals surface area (Å²) in [7, 11) is 0. The fourth-order valence-electron chi connectivity index (χ4n) is 2.67. The first-order valence-electron chi connectivity index (χ1n) is 6.80. The highest BCUT2D eigenvalue weighted by Gasteiger charge is 2.28. The summed E-state index contributed by atoms with van der Waals surface area (Å²) in [5.41, 5.74) is 8.06. The monoisotopic (exact) mass is 277 g/mol. The van der Waals surface area contributed by atoms with E-state index in [1.165, 1.54) is 19.3 Å². The van der Waals surface area contributed by atoms with Crippen molar-refractivity contribution in [3.63, 3.8) is 0 Å². The largest absolute Gasteiger partial charge is 0.423 e. The Hall–Kier alpha value is -1.36. The van der Waals surface area contributed by atoms with Crippen molar-refractivity contribution in [2.45, 2.75) is 37.5 Å². The van der Waals surface area contributed by atoms with E-state index in [4.69, 9.17) is 10.2 Å². The van der Waals surface area contributed by atoms with E-state index in [0.29, 0.717) is 23.0 Å². The van der Waals surface area contributed by atoms with E-state index >= 15 is 0 Å². The van der Waals surface area contributed by atoms with Crippen molar-refractivity contribution in [3.8, 4) is 0 Å². The Labute approximate surface area is 117 Å². The lowest BCUT2D eigenvalue weighted by molar-refractivity contribution is 0.596. The van der Waals surface area contributed by atoms with Crippen molar-refractivity contribution in [2.24, 2.45) is 0 Å². The second-order valence-electron chi connectivity index (χ2n) is 4.92. The third-order valence-electron chi connectivity index (χ3n) is 3.55. The van der Waals surface area contributed by atoms with Crippen LogP contribution in [-0.4, -0.2) is 22.0 Å². The summed E-state index contributed by atoms with van der Waals surface area (Å²) in [6, 6.07) is 6.65. The third kappa shape index (κ3) is 2.66. The van der Waals surface area contributed by atoms with Gasteiger partial charge in [0.2, 0.25) is 0 Å². The molecular weight excluding hydrogens is 258 g/mol. The number of nitrogens with one attached hydrogen (secondary N) is 1. The molecule has 1 aliphatic rings. The van der Waals surface area contributed by atoms with Crippen molar-refractivity contribution in [3.05, 3.63) is 18.2 Å². The molecule has 3 rings (SSSR count). The summed E-state index contributed by atoms with van der Waals surface area (Å²) >= 11 is 2.02. The second-order valence-corrected chi connectivity index (χ2v) is 6.44. The molecule has 1 aromatic carbocycles. The van der Waals surface area contributed by atoms with Crippen LogP contribution in [0.4, 0.5) is 11.7 Å². The number of nitrogens with two attached hydrogens (primary N) is 1. The Kier molecular flexibility index (Phi) is 3.55. The fraction of sp³-hybridized carbons (Fsp3) is 0.500. The maximum absolute atomic E-state index is 5.75. The Morgan fingerprint density at radius 3 is 3.21 bits per heavy atom. The van der Waals surface area contributed by atoms with Crippen molar-refractivity contribution in [1.29, 1.82) is 0 Å². The maximum Gasteiger partial charge on any atom is 0.295 e. The van der Waals surface area contributed by atoms with Crippen LogP contribution in [0.25, 0.3) is 11.1 Å². The number of hydrogen-bond donors (Lipinski definition) is 2. The van der Waals surface area contributed by atoms with Gasteiger partial charge in [-0.15, -0.1) is 0 Å². The summed E-state index contributed by atoms with van der Waals surface area (Å²) in [5.74, 6) is 1.16. The minimum absolute atomic E-state index is 0.468. The van der Waals surface area contributed by atoms with Gasteiger partial charge in [0.25, 0.3) is 6.01 Å². The van der Waals surface area contributed by atoms with E-state index in [2.05, 4.69) is 17.2 Å². The number of nitrogen functional groups attached to an aromatic ring is 1. The number of aromatic nitrogens is 1. The molecule has 1 heterocycles. The molecule has 2 unspecified atom stereocenters. The van der Waals surface area contributed by atoms with Gasteiger partial charge < -0.3 is 15.5 Å². The first-order valence-corrected chi connectivity index (χ1v) is 7.85. The number of benzene rings is 1. The third-order valence-corrected chi connectivity index (χ3v) is 4.88. The van der Waals surface area contributed by atoms with Crippen LogP contribution < -0.4 is 11.1 Å². The first-order chi connectivity index (χ1) is 9.26. The Bertz CT molecular complexity index is 569. The molecule has 0 bridgehead atoms. The predicted octanol–water partition coefficient (Wildman–Crippen LogP) is 3.50. The van der Waals surface area contributed by atoms with Gasteiger partial charge in [-0.05, 0) is 30.7 Å². The summed E-state index contributed by atoms with van der Waals surface area (Å²) in [6.07, 6.45) is 3.75. The number of hydrogen-bond acceptors (Lipinski definition) is 5. The van der Waals surface area contributed by atoms with E-state index < -0.39 is 0 Å². The van der Waals surface area contributed by atoms with Crippen LogP contribution in [0.3, 0.4) is 0 Å². The van der Waals surface area contributed by atoms with Gasteiger partial charge in [0, 0.05) is 23.0 Å². The van der Waals surface area contributed by atoms with Gasteiger partial charge in [0.05, 0.1) is 0 Å². The highest BCUT2D eigenvalue weighted by atomic mass is 32.2. The standard InChI is InChI=1S/C14H19N3OS/c1-2-19-13-5-3-4-11(13)17-14-16-10-7-6-9(15)8-12(10)18-14/h6-8,11,13H,2-5,15H2,1H3,(H,16,17). The molecule has 102 valence electrons. The molecule has 2 atom stereocenters. The van der Waals surface area contributed by atoms with Crippen LogP contribution in [0.1, 0.15) is 26.2 Å². The van der Waals surface area contributed by atoms with Crippen LogP contribution in [0, 0.1) is 0 Å². The van der Waals surface area contributed by atoms with Gasteiger partial charge in [0.1, 0.15) is 5.52 Å². The number of thioether (sulfide) groups is 1. The number of fused-ring (bicyclic) bond motifs is 1. The molecule has 19 heavy (non-hydrogen) atoms. The summed E-state index contributed by atoms with van der Waals surface area (Å²) in [4.78, 5) is 4.47. The van der Waals surface area contributed by atoms with E-state index in [0.717, 1.165) is 16.9 Å². The molecule has 1 saturated carbocycles. The van der Waals surface area contributed by atoms with Gasteiger partial charge in [-0.2, -0.15) is 16.7 Å². The zero-order valence-corrected chi connectivity index (χ0v) is 11.9. The Morgan fingerprint density at radius 1 is 1.47 bits per heavy atom. The smallest absolute Gasteiger partial charge is 0.295 e. The number of rotatable bonds is 4. The predicted molar refractivity (Wildman–Crippen MR) is 81.6 cm³/mol. The minimum atomic E-state index is 0.468. The molecule has 0 spiro atoms. The van der Waals surface area contributed by atoms with E-state index in [1.54, 1.807) is 0 Å². The molecule has 3 N–H and O–H groups in total. The summed E-state index contributed by atoms with van der Waals surface area (Å²) in [6.45, 7) is 2.21. The van der Waals surface area contributed by atoms with Gasteiger partial charge >= 0.3 is 0 Å². The van der Waals surface area contributed by atoms with Crippen molar-refractivity contribution in [1.82, 2.24) is 4.98 Å². The average Bonchev–Trinajstić information content (AvgIpc) is 2.97. The highest BCUT2D eigenvalue weighted by Crippen LogP contribution is 2.32. The Balaban J connectivity index is 1.77. The van der Waals surface area contributed by atoms with Gasteiger partial charge in [-0.1, -0.05) is 13.3 Å². The molecule has 5 heteroatoms. The average molecular weight is 277 g/mol. The normalized spacial score (nSPS) is 23.0. The van der Waals surface area contributed by atoms with Crippen LogP contribution >= 0.6 is 11.8 Å². The lowest BCUT2D eigenvalue weighted by Crippen LogP contribution is -2.26. The first kappa shape index (κ1) is 12.7. The molecule has 0 amide bonds. The molecular formula is C14H19N3OS. The molecule has 4 nitrogen and oxygen atoms in total. The van der Waals surface area contributed by atoms with Crippen LogP contribution in [0.5, 0.6) is 0 Å². The minimum Gasteiger partial charge on any atom is -0.423 e. The molecule has 0 saturated heterocycles. The summed E-state index contributed by atoms with van der Waals surface area (Å²) < 4.78 is 5.73. The molecule has 0 aliphatic heterocycles. The quantitative estimate of drug-likeness (QED) is 0.837. The molecule has 1 aliphatic carbocycles. The number of nitrogens with zero attached hydrogens (tertiary/aromatic N) is 1. The fourth-order valence-corrected chi connectivity index (χ4v) is 3.86. The molecule has 1 fully saturated rings. The molecule has 0 radical (unpaired) electrons. The number of oxazole rings is 1. The lowest BCUT2D eigenvalue weighted by Gasteiger charge is -2.18. The van der Waals surface area contributed by atoms with Crippen LogP contribution in [-0.2, 0) is 0 Å². The molecule has 2 aromatic rings. The summed E-state index contributed by atoms with van der Waals surface area (Å²) in [5, 5.41) is 4.12. The highest BCUT2D eigenvalue weighted by molar-refractivity contribution is 7.99. The topological polar surface area (TPSA) is 64.1 Å². The van der Waals surface area contributed by atoms with Crippen molar-refractivity contribution >= 4 is 34.6 Å². The van der Waals surface area contributed by atoms with E-state index in [-0.39, 0.29) is 0 Å². The number of anilines is 2.